The molecule has 1 saturated heterocycles. The number of rotatable bonds is 5. The largest absolute Gasteiger partial charge is 0.487 e. The van der Waals surface area contributed by atoms with Crippen molar-refractivity contribution in [2.24, 2.45) is 0 Å². The second-order valence-corrected chi connectivity index (χ2v) is 7.70. The van der Waals surface area contributed by atoms with Crippen LogP contribution in [0.4, 0.5) is 0 Å². The van der Waals surface area contributed by atoms with Gasteiger partial charge < -0.3 is 14.2 Å². The van der Waals surface area contributed by atoms with Crippen molar-refractivity contribution in [3.8, 4) is 17.4 Å². The predicted molar refractivity (Wildman–Crippen MR) is 105 cm³/mol. The number of fused-ring (bicyclic) bond motifs is 1. The second kappa shape index (κ2) is 8.31. The molecule has 0 bridgehead atoms. The molecular formula is C21H28N4O3. The summed E-state index contributed by atoms with van der Waals surface area (Å²) in [5, 5.41) is 0. The van der Waals surface area contributed by atoms with Gasteiger partial charge in [-0.1, -0.05) is 13.8 Å². The summed E-state index contributed by atoms with van der Waals surface area (Å²) in [6.07, 6.45) is 5.72. The van der Waals surface area contributed by atoms with Crippen molar-refractivity contribution in [1.82, 2.24) is 19.9 Å². The number of piperidine rings is 1. The maximum Gasteiger partial charge on any atom is 0.257 e. The molecule has 1 unspecified atom stereocenters. The minimum absolute atomic E-state index is 0.199. The highest BCUT2D eigenvalue weighted by Gasteiger charge is 2.26. The lowest BCUT2D eigenvalue weighted by atomic mass is 10.0. The van der Waals surface area contributed by atoms with E-state index in [-0.39, 0.29) is 12.1 Å². The highest BCUT2D eigenvalue weighted by Crippen LogP contribution is 2.32. The van der Waals surface area contributed by atoms with Gasteiger partial charge >= 0.3 is 0 Å². The quantitative estimate of drug-likeness (QED) is 0.783. The summed E-state index contributed by atoms with van der Waals surface area (Å²) < 4.78 is 17.3. The van der Waals surface area contributed by atoms with Gasteiger partial charge in [-0.2, -0.15) is 0 Å². The lowest BCUT2D eigenvalue weighted by molar-refractivity contribution is 0.0775. The van der Waals surface area contributed by atoms with E-state index in [0.717, 1.165) is 48.9 Å². The third kappa shape index (κ3) is 4.19. The van der Waals surface area contributed by atoms with Gasteiger partial charge in [0.15, 0.2) is 11.5 Å². The zero-order chi connectivity index (χ0) is 19.5. The van der Waals surface area contributed by atoms with E-state index < -0.39 is 0 Å². The fraction of sp³-hybridized carbons (Fsp3) is 0.571. The number of ether oxygens (including phenoxy) is 3. The highest BCUT2D eigenvalue weighted by molar-refractivity contribution is 5.36. The Morgan fingerprint density at radius 2 is 1.75 bits per heavy atom. The topological polar surface area (TPSA) is 69.6 Å². The van der Waals surface area contributed by atoms with Crippen LogP contribution in [0.2, 0.25) is 0 Å². The first-order valence-electron chi connectivity index (χ1n) is 10.1. The Kier molecular flexibility index (Phi) is 5.62. The summed E-state index contributed by atoms with van der Waals surface area (Å²) in [5.41, 5.74) is 1.02. The van der Waals surface area contributed by atoms with Crippen molar-refractivity contribution in [2.45, 2.75) is 51.7 Å². The van der Waals surface area contributed by atoms with Crippen molar-refractivity contribution in [3.63, 3.8) is 0 Å². The van der Waals surface area contributed by atoms with Crippen LogP contribution in [0.25, 0.3) is 0 Å². The molecule has 0 aliphatic carbocycles. The molecule has 0 amide bonds. The molecule has 0 N–H and O–H groups in total. The molecule has 28 heavy (non-hydrogen) atoms. The molecule has 0 radical (unpaired) electrons. The third-order valence-corrected chi connectivity index (χ3v) is 5.35. The number of hydrogen-bond acceptors (Lipinski definition) is 7. The van der Waals surface area contributed by atoms with Gasteiger partial charge in [0.2, 0.25) is 0 Å². The van der Waals surface area contributed by atoms with Gasteiger partial charge in [-0.05, 0) is 31.9 Å². The summed E-state index contributed by atoms with van der Waals surface area (Å²) in [4.78, 5) is 15.9. The average molecular weight is 384 g/mol. The molecular weight excluding hydrogens is 356 g/mol. The van der Waals surface area contributed by atoms with E-state index >= 15 is 0 Å². The van der Waals surface area contributed by atoms with Crippen molar-refractivity contribution in [1.29, 1.82) is 0 Å². The van der Waals surface area contributed by atoms with Gasteiger partial charge in [0.1, 0.15) is 25.1 Å². The van der Waals surface area contributed by atoms with Crippen molar-refractivity contribution < 1.29 is 14.2 Å². The summed E-state index contributed by atoms with van der Waals surface area (Å²) >= 11 is 0. The standard InChI is InChI=1S/C21H28N4O3/c1-14(2)20-22-12-17(13-23-20)28-16-6-8-25(9-7-16)15(3)18-4-5-19-21(24-18)27-11-10-26-19/h4-5,12-16H,6-11H2,1-3H3. The zero-order valence-corrected chi connectivity index (χ0v) is 16.8. The summed E-state index contributed by atoms with van der Waals surface area (Å²) in [5.74, 6) is 3.28. The van der Waals surface area contributed by atoms with Crippen LogP contribution in [0.5, 0.6) is 17.4 Å². The van der Waals surface area contributed by atoms with E-state index in [2.05, 4.69) is 40.6 Å². The Hall–Kier alpha value is -2.41. The van der Waals surface area contributed by atoms with Crippen LogP contribution >= 0.6 is 0 Å². The smallest absolute Gasteiger partial charge is 0.257 e. The fourth-order valence-electron chi connectivity index (χ4n) is 3.62. The fourth-order valence-corrected chi connectivity index (χ4v) is 3.62. The maximum atomic E-state index is 6.09. The molecule has 4 heterocycles. The van der Waals surface area contributed by atoms with Gasteiger partial charge in [-0.25, -0.2) is 15.0 Å². The molecule has 1 fully saturated rings. The van der Waals surface area contributed by atoms with Gasteiger partial charge in [-0.3, -0.25) is 4.90 Å². The second-order valence-electron chi connectivity index (χ2n) is 7.70. The lowest BCUT2D eigenvalue weighted by Crippen LogP contribution is -2.39. The molecule has 2 aliphatic rings. The molecule has 7 heteroatoms. The molecule has 0 saturated carbocycles. The first kappa shape index (κ1) is 18.9. The van der Waals surface area contributed by atoms with Crippen LogP contribution in [-0.4, -0.2) is 52.3 Å². The van der Waals surface area contributed by atoms with Crippen molar-refractivity contribution in [2.75, 3.05) is 26.3 Å². The summed E-state index contributed by atoms with van der Waals surface area (Å²) in [6.45, 7) is 9.44. The highest BCUT2D eigenvalue weighted by atomic mass is 16.6. The first-order valence-corrected chi connectivity index (χ1v) is 10.1. The van der Waals surface area contributed by atoms with Gasteiger partial charge in [0.05, 0.1) is 18.1 Å². The number of aromatic nitrogens is 3. The minimum atomic E-state index is 0.199. The number of nitrogens with zero attached hydrogens (tertiary/aromatic N) is 4. The molecule has 7 nitrogen and oxygen atoms in total. The Morgan fingerprint density at radius 3 is 2.46 bits per heavy atom. The Labute approximate surface area is 166 Å². The molecule has 4 rings (SSSR count). The Bertz CT molecular complexity index is 789. The van der Waals surface area contributed by atoms with E-state index in [1.807, 2.05) is 12.1 Å². The number of pyridine rings is 1. The van der Waals surface area contributed by atoms with Crippen LogP contribution in [0.15, 0.2) is 24.5 Å². The predicted octanol–water partition coefficient (Wildman–Crippen LogP) is 3.37. The SMILES string of the molecule is CC(C)c1ncc(OC2CCN(C(C)c3ccc4c(n3)OCCO4)CC2)cn1. The average Bonchev–Trinajstić information content (AvgIpc) is 2.74. The molecule has 2 aromatic rings. The van der Waals surface area contributed by atoms with Crippen LogP contribution in [0, 0.1) is 0 Å². The zero-order valence-electron chi connectivity index (χ0n) is 16.8. The normalized spacial score (nSPS) is 18.9. The van der Waals surface area contributed by atoms with E-state index in [0.29, 0.717) is 25.0 Å². The van der Waals surface area contributed by atoms with Crippen LogP contribution < -0.4 is 14.2 Å². The first-order chi connectivity index (χ1) is 13.6. The molecule has 2 aromatic heterocycles. The lowest BCUT2D eigenvalue weighted by Gasteiger charge is -2.35. The molecule has 0 aromatic carbocycles. The van der Waals surface area contributed by atoms with Crippen molar-refractivity contribution in [3.05, 3.63) is 36.0 Å². The monoisotopic (exact) mass is 384 g/mol. The number of likely N-dealkylation sites (tertiary alicyclic amines) is 1. The Morgan fingerprint density at radius 1 is 1.04 bits per heavy atom. The molecule has 2 aliphatic heterocycles. The summed E-state index contributed by atoms with van der Waals surface area (Å²) in [7, 11) is 0. The summed E-state index contributed by atoms with van der Waals surface area (Å²) in [6, 6.07) is 4.23. The molecule has 0 spiro atoms. The molecule has 150 valence electrons. The minimum Gasteiger partial charge on any atom is -0.487 e. The van der Waals surface area contributed by atoms with E-state index in [9.17, 15) is 0 Å². The van der Waals surface area contributed by atoms with E-state index in [4.69, 9.17) is 14.2 Å². The van der Waals surface area contributed by atoms with Gasteiger partial charge in [0.25, 0.3) is 5.88 Å². The number of hydrogen-bond donors (Lipinski definition) is 0. The van der Waals surface area contributed by atoms with E-state index in [1.54, 1.807) is 12.4 Å². The van der Waals surface area contributed by atoms with Gasteiger partial charge in [0, 0.05) is 25.0 Å². The van der Waals surface area contributed by atoms with Crippen LogP contribution in [0.1, 0.15) is 57.1 Å². The third-order valence-electron chi connectivity index (χ3n) is 5.35. The van der Waals surface area contributed by atoms with Crippen LogP contribution in [-0.2, 0) is 0 Å². The van der Waals surface area contributed by atoms with Crippen molar-refractivity contribution >= 4 is 0 Å². The van der Waals surface area contributed by atoms with Crippen LogP contribution in [0.3, 0.4) is 0 Å². The molecule has 1 atom stereocenters. The van der Waals surface area contributed by atoms with Gasteiger partial charge in [-0.15, -0.1) is 0 Å². The Balaban J connectivity index is 1.32. The van der Waals surface area contributed by atoms with E-state index in [1.165, 1.54) is 0 Å². The maximum absolute atomic E-state index is 6.09.